The third-order valence-electron chi connectivity index (χ3n) is 4.87. The van der Waals surface area contributed by atoms with E-state index in [1.54, 1.807) is 19.5 Å². The van der Waals surface area contributed by atoms with E-state index >= 15 is 0 Å². The fraction of sp³-hybridized carbons (Fsp3) is 0.316. The molecule has 27 heavy (non-hydrogen) atoms. The van der Waals surface area contributed by atoms with Crippen molar-refractivity contribution >= 4 is 28.4 Å². The van der Waals surface area contributed by atoms with Crippen LogP contribution < -0.4 is 10.5 Å². The fourth-order valence-corrected chi connectivity index (χ4v) is 3.74. The summed E-state index contributed by atoms with van der Waals surface area (Å²) in [5.41, 5.74) is 8.81. The third kappa shape index (κ3) is 3.48. The number of methoxy groups -OCH3 is 1. The van der Waals surface area contributed by atoms with E-state index < -0.39 is 0 Å². The molecule has 2 unspecified atom stereocenters. The summed E-state index contributed by atoms with van der Waals surface area (Å²) in [4.78, 5) is 23.5. The number of H-pyrrole nitrogens is 1. The van der Waals surface area contributed by atoms with Crippen molar-refractivity contribution in [3.8, 4) is 17.1 Å². The molecule has 1 amide bonds. The monoisotopic (exact) mass is 386 g/mol. The Labute approximate surface area is 160 Å². The average Bonchev–Trinajstić information content (AvgIpc) is 3.27. The SMILES string of the molecule is COc1cnc(-c2cc3[nH]c(CC4OCCC4C(N)=O)cc3cc2Cl)cn1. The zero-order valence-electron chi connectivity index (χ0n) is 14.7. The lowest BCUT2D eigenvalue weighted by Crippen LogP contribution is -2.31. The van der Waals surface area contributed by atoms with Gasteiger partial charge in [0.15, 0.2) is 0 Å². The second-order valence-corrected chi connectivity index (χ2v) is 6.98. The van der Waals surface area contributed by atoms with Gasteiger partial charge in [-0.25, -0.2) is 9.97 Å². The smallest absolute Gasteiger partial charge is 0.232 e. The van der Waals surface area contributed by atoms with Crippen LogP contribution in [0.15, 0.2) is 30.6 Å². The molecule has 1 saturated heterocycles. The number of aromatic nitrogens is 3. The number of rotatable bonds is 5. The Kier molecular flexibility index (Phi) is 4.72. The summed E-state index contributed by atoms with van der Waals surface area (Å²) in [6.45, 7) is 0.560. The van der Waals surface area contributed by atoms with E-state index in [9.17, 15) is 4.79 Å². The molecule has 1 aliphatic heterocycles. The van der Waals surface area contributed by atoms with Crippen molar-refractivity contribution in [3.63, 3.8) is 0 Å². The first-order valence-electron chi connectivity index (χ1n) is 8.63. The van der Waals surface area contributed by atoms with Crippen LogP contribution in [0.1, 0.15) is 12.1 Å². The first-order valence-corrected chi connectivity index (χ1v) is 9.01. The van der Waals surface area contributed by atoms with Crippen molar-refractivity contribution in [1.82, 2.24) is 15.0 Å². The number of nitrogens with two attached hydrogens (primary N) is 1. The number of aromatic amines is 1. The fourth-order valence-electron chi connectivity index (χ4n) is 3.47. The van der Waals surface area contributed by atoms with E-state index in [2.05, 4.69) is 15.0 Å². The van der Waals surface area contributed by atoms with Crippen LogP contribution in [0, 0.1) is 5.92 Å². The van der Waals surface area contributed by atoms with Crippen LogP contribution in [-0.2, 0) is 16.0 Å². The van der Waals surface area contributed by atoms with Crippen LogP contribution in [0.4, 0.5) is 0 Å². The van der Waals surface area contributed by atoms with Gasteiger partial charge in [-0.2, -0.15) is 0 Å². The molecular weight excluding hydrogens is 368 g/mol. The average molecular weight is 387 g/mol. The van der Waals surface area contributed by atoms with E-state index in [1.165, 1.54) is 0 Å². The molecule has 4 rings (SSSR count). The van der Waals surface area contributed by atoms with Gasteiger partial charge < -0.3 is 20.2 Å². The van der Waals surface area contributed by atoms with Gasteiger partial charge in [0.2, 0.25) is 11.8 Å². The van der Waals surface area contributed by atoms with Crippen molar-refractivity contribution in [2.75, 3.05) is 13.7 Å². The standard InChI is InChI=1S/C19H19ClN4O3/c1-26-18-9-22-16(8-23-18)13-7-15-10(5-14(13)20)4-11(24-15)6-17-12(19(21)25)2-3-27-17/h4-5,7-9,12,17,24H,2-3,6H2,1H3,(H2,21,25). The summed E-state index contributed by atoms with van der Waals surface area (Å²) >= 11 is 6.46. The first kappa shape index (κ1) is 17.8. The van der Waals surface area contributed by atoms with Crippen LogP contribution in [-0.4, -0.2) is 40.7 Å². The Morgan fingerprint density at radius 3 is 2.93 bits per heavy atom. The van der Waals surface area contributed by atoms with Crippen LogP contribution in [0.5, 0.6) is 5.88 Å². The third-order valence-corrected chi connectivity index (χ3v) is 5.19. The van der Waals surface area contributed by atoms with Crippen LogP contribution in [0.3, 0.4) is 0 Å². The molecule has 3 N–H and O–H groups in total. The van der Waals surface area contributed by atoms with Crippen LogP contribution in [0.25, 0.3) is 22.2 Å². The van der Waals surface area contributed by atoms with Gasteiger partial charge in [0.05, 0.1) is 42.2 Å². The Morgan fingerprint density at radius 1 is 1.37 bits per heavy atom. The molecule has 0 spiro atoms. The van der Waals surface area contributed by atoms with Crippen LogP contribution in [0.2, 0.25) is 5.02 Å². The number of carbonyl (C=O) groups is 1. The van der Waals surface area contributed by atoms with Gasteiger partial charge in [-0.1, -0.05) is 11.6 Å². The van der Waals surface area contributed by atoms with E-state index in [0.29, 0.717) is 36.0 Å². The van der Waals surface area contributed by atoms with Gasteiger partial charge in [0.25, 0.3) is 0 Å². The number of ether oxygens (including phenoxy) is 2. The quantitative estimate of drug-likeness (QED) is 0.701. The molecule has 2 aromatic heterocycles. The minimum atomic E-state index is -0.308. The van der Waals surface area contributed by atoms with Crippen molar-refractivity contribution in [2.24, 2.45) is 11.7 Å². The Bertz CT molecular complexity index is 987. The zero-order chi connectivity index (χ0) is 19.0. The molecule has 2 atom stereocenters. The van der Waals surface area contributed by atoms with Gasteiger partial charge in [-0.15, -0.1) is 0 Å². The van der Waals surface area contributed by atoms with E-state index in [1.807, 2.05) is 18.2 Å². The summed E-state index contributed by atoms with van der Waals surface area (Å²) in [6, 6.07) is 5.85. The van der Waals surface area contributed by atoms with Crippen LogP contribution >= 0.6 is 11.6 Å². The molecule has 0 saturated carbocycles. The van der Waals surface area contributed by atoms with E-state index in [4.69, 9.17) is 26.8 Å². The minimum Gasteiger partial charge on any atom is -0.480 e. The summed E-state index contributed by atoms with van der Waals surface area (Å²) in [5, 5.41) is 1.56. The van der Waals surface area contributed by atoms with Crippen molar-refractivity contribution < 1.29 is 14.3 Å². The predicted molar refractivity (Wildman–Crippen MR) is 102 cm³/mol. The van der Waals surface area contributed by atoms with Gasteiger partial charge in [0.1, 0.15) is 0 Å². The molecule has 7 nitrogen and oxygen atoms in total. The molecule has 1 aromatic carbocycles. The second kappa shape index (κ2) is 7.17. The molecular formula is C19H19ClN4O3. The second-order valence-electron chi connectivity index (χ2n) is 6.57. The highest BCUT2D eigenvalue weighted by Gasteiger charge is 2.32. The molecule has 1 fully saturated rings. The molecule has 8 heteroatoms. The lowest BCUT2D eigenvalue weighted by atomic mass is 9.97. The Hall–Kier alpha value is -2.64. The van der Waals surface area contributed by atoms with Gasteiger partial charge in [-0.05, 0) is 24.6 Å². The molecule has 0 bridgehead atoms. The normalized spacial score (nSPS) is 19.5. The number of hydrogen-bond acceptors (Lipinski definition) is 5. The Balaban J connectivity index is 1.63. The molecule has 1 aliphatic rings. The molecule has 0 aliphatic carbocycles. The highest BCUT2D eigenvalue weighted by atomic mass is 35.5. The summed E-state index contributed by atoms with van der Waals surface area (Å²) in [7, 11) is 1.54. The number of halogens is 1. The van der Waals surface area contributed by atoms with Gasteiger partial charge in [0, 0.05) is 35.2 Å². The maximum atomic E-state index is 11.6. The minimum absolute atomic E-state index is 0.196. The molecule has 0 radical (unpaired) electrons. The maximum absolute atomic E-state index is 11.6. The summed E-state index contributed by atoms with van der Waals surface area (Å²) in [6.07, 6.45) is 4.25. The number of fused-ring (bicyclic) bond motifs is 1. The number of benzene rings is 1. The van der Waals surface area contributed by atoms with Crippen molar-refractivity contribution in [2.45, 2.75) is 18.9 Å². The number of nitrogens with zero attached hydrogens (tertiary/aromatic N) is 2. The zero-order valence-corrected chi connectivity index (χ0v) is 15.5. The number of carbonyl (C=O) groups excluding carboxylic acids is 1. The topological polar surface area (TPSA) is 103 Å². The van der Waals surface area contributed by atoms with E-state index in [-0.39, 0.29) is 17.9 Å². The van der Waals surface area contributed by atoms with Crippen molar-refractivity contribution in [1.29, 1.82) is 0 Å². The van der Waals surface area contributed by atoms with Gasteiger partial charge >= 0.3 is 0 Å². The number of nitrogens with one attached hydrogen (secondary N) is 1. The molecule has 3 heterocycles. The summed E-state index contributed by atoms with van der Waals surface area (Å²) in [5.74, 6) is -0.110. The highest BCUT2D eigenvalue weighted by Crippen LogP contribution is 2.32. The molecule has 140 valence electrons. The van der Waals surface area contributed by atoms with E-state index in [0.717, 1.165) is 22.2 Å². The number of hydrogen-bond donors (Lipinski definition) is 2. The number of amides is 1. The Morgan fingerprint density at radius 2 is 2.22 bits per heavy atom. The lowest BCUT2D eigenvalue weighted by molar-refractivity contribution is -0.123. The molecule has 3 aromatic rings. The highest BCUT2D eigenvalue weighted by molar-refractivity contribution is 6.34. The largest absolute Gasteiger partial charge is 0.480 e. The number of primary amides is 1. The lowest BCUT2D eigenvalue weighted by Gasteiger charge is -2.14. The predicted octanol–water partition coefficient (Wildman–Crippen LogP) is 2.72. The first-order chi connectivity index (χ1) is 13.0. The maximum Gasteiger partial charge on any atom is 0.232 e. The van der Waals surface area contributed by atoms with Crippen molar-refractivity contribution in [3.05, 3.63) is 41.3 Å². The van der Waals surface area contributed by atoms with Gasteiger partial charge in [-0.3, -0.25) is 4.79 Å². The summed E-state index contributed by atoms with van der Waals surface area (Å²) < 4.78 is 10.7.